The van der Waals surface area contributed by atoms with Crippen LogP contribution < -0.4 is 5.32 Å². The van der Waals surface area contributed by atoms with E-state index in [2.05, 4.69) is 10.2 Å². The van der Waals surface area contributed by atoms with Crippen LogP contribution in [0, 0.1) is 5.92 Å². The fraction of sp³-hybridized carbons (Fsp3) is 1.00. The van der Waals surface area contributed by atoms with Crippen LogP contribution in [0.2, 0.25) is 0 Å². The van der Waals surface area contributed by atoms with Crippen molar-refractivity contribution >= 4 is 0 Å². The summed E-state index contributed by atoms with van der Waals surface area (Å²) >= 11 is 0. The van der Waals surface area contributed by atoms with Crippen molar-refractivity contribution in [2.75, 3.05) is 19.6 Å². The predicted molar refractivity (Wildman–Crippen MR) is 72.2 cm³/mol. The van der Waals surface area contributed by atoms with E-state index in [0.29, 0.717) is 0 Å². The first kappa shape index (κ1) is 12.0. The van der Waals surface area contributed by atoms with E-state index in [9.17, 15) is 0 Å². The number of hydrogen-bond donors (Lipinski definition) is 1. The average molecular weight is 236 g/mol. The van der Waals surface area contributed by atoms with Gasteiger partial charge in [0.15, 0.2) is 0 Å². The van der Waals surface area contributed by atoms with Gasteiger partial charge in [0.1, 0.15) is 0 Å². The van der Waals surface area contributed by atoms with Crippen LogP contribution in [0.15, 0.2) is 0 Å². The standard InChI is InChI=1S/C15H28N2/c1(10-16-14-8-9-14)2-11-17-12-4-6-13-5-3-7-15(13)17/h13-16H,1-12H2. The Balaban J connectivity index is 1.32. The number of unbranched alkanes of at least 4 members (excludes halogenated alkanes) is 1. The normalized spacial score (nSPS) is 33.9. The molecular formula is C15H28N2. The Kier molecular flexibility index (Phi) is 4.02. The SMILES string of the molecule is C(CCN1CCCC2CCCC21)CNC1CC1. The summed E-state index contributed by atoms with van der Waals surface area (Å²) in [6.07, 6.45) is 13.1. The molecule has 98 valence electrons. The lowest BCUT2D eigenvalue weighted by Crippen LogP contribution is -2.43. The van der Waals surface area contributed by atoms with Gasteiger partial charge in [-0.1, -0.05) is 6.42 Å². The van der Waals surface area contributed by atoms with Crippen molar-refractivity contribution in [2.45, 2.75) is 69.9 Å². The average Bonchev–Trinajstić information content (AvgIpc) is 3.04. The van der Waals surface area contributed by atoms with Crippen molar-refractivity contribution in [3.8, 4) is 0 Å². The minimum absolute atomic E-state index is 0.893. The lowest BCUT2D eigenvalue weighted by molar-refractivity contribution is 0.111. The smallest absolute Gasteiger partial charge is 0.0123 e. The minimum atomic E-state index is 0.893. The van der Waals surface area contributed by atoms with E-state index in [1.165, 1.54) is 77.4 Å². The highest BCUT2D eigenvalue weighted by atomic mass is 15.2. The Morgan fingerprint density at radius 1 is 0.941 bits per heavy atom. The lowest BCUT2D eigenvalue weighted by atomic mass is 9.92. The zero-order chi connectivity index (χ0) is 11.5. The molecule has 2 saturated carbocycles. The fourth-order valence-corrected chi connectivity index (χ4v) is 3.87. The van der Waals surface area contributed by atoms with Gasteiger partial charge in [0.25, 0.3) is 0 Å². The molecule has 2 aliphatic carbocycles. The van der Waals surface area contributed by atoms with Crippen LogP contribution in [-0.2, 0) is 0 Å². The van der Waals surface area contributed by atoms with E-state index in [1.807, 2.05) is 0 Å². The quantitative estimate of drug-likeness (QED) is 0.713. The lowest BCUT2D eigenvalue weighted by Gasteiger charge is -2.37. The van der Waals surface area contributed by atoms with Crippen LogP contribution in [0.5, 0.6) is 0 Å². The Morgan fingerprint density at radius 3 is 2.71 bits per heavy atom. The molecule has 1 saturated heterocycles. The van der Waals surface area contributed by atoms with Crippen LogP contribution in [0.25, 0.3) is 0 Å². The molecule has 1 heterocycles. The summed E-state index contributed by atoms with van der Waals surface area (Å²) in [7, 11) is 0. The maximum Gasteiger partial charge on any atom is 0.0123 e. The number of fused-ring (bicyclic) bond motifs is 1. The Morgan fingerprint density at radius 2 is 1.82 bits per heavy atom. The van der Waals surface area contributed by atoms with Crippen molar-refractivity contribution in [1.29, 1.82) is 0 Å². The second-order valence-corrected chi connectivity index (χ2v) is 6.37. The minimum Gasteiger partial charge on any atom is -0.314 e. The van der Waals surface area contributed by atoms with Crippen molar-refractivity contribution < 1.29 is 0 Å². The van der Waals surface area contributed by atoms with E-state index in [-0.39, 0.29) is 0 Å². The topological polar surface area (TPSA) is 15.3 Å². The van der Waals surface area contributed by atoms with Gasteiger partial charge in [-0.25, -0.2) is 0 Å². The molecule has 0 amide bonds. The summed E-state index contributed by atoms with van der Waals surface area (Å²) < 4.78 is 0. The molecule has 2 atom stereocenters. The second kappa shape index (κ2) is 5.71. The maximum absolute atomic E-state index is 3.62. The highest BCUT2D eigenvalue weighted by molar-refractivity contribution is 4.89. The Bertz CT molecular complexity index is 237. The molecule has 3 aliphatic rings. The molecule has 2 unspecified atom stereocenters. The van der Waals surface area contributed by atoms with Crippen LogP contribution in [0.4, 0.5) is 0 Å². The molecule has 3 rings (SSSR count). The number of nitrogens with zero attached hydrogens (tertiary/aromatic N) is 1. The molecule has 0 aromatic rings. The molecule has 1 N–H and O–H groups in total. The number of hydrogen-bond acceptors (Lipinski definition) is 2. The van der Waals surface area contributed by atoms with Gasteiger partial charge >= 0.3 is 0 Å². The van der Waals surface area contributed by atoms with E-state index in [0.717, 1.165) is 18.0 Å². The van der Waals surface area contributed by atoms with Gasteiger partial charge in [-0.2, -0.15) is 0 Å². The van der Waals surface area contributed by atoms with Crippen molar-refractivity contribution in [2.24, 2.45) is 5.92 Å². The molecule has 2 nitrogen and oxygen atoms in total. The summed E-state index contributed by atoms with van der Waals surface area (Å²) in [5.41, 5.74) is 0. The molecule has 3 fully saturated rings. The monoisotopic (exact) mass is 236 g/mol. The Hall–Kier alpha value is -0.0800. The third-order valence-corrected chi connectivity index (χ3v) is 4.99. The van der Waals surface area contributed by atoms with Gasteiger partial charge < -0.3 is 10.2 Å². The van der Waals surface area contributed by atoms with Crippen molar-refractivity contribution in [3.05, 3.63) is 0 Å². The van der Waals surface area contributed by atoms with Crippen molar-refractivity contribution in [1.82, 2.24) is 10.2 Å². The number of rotatable bonds is 6. The summed E-state index contributed by atoms with van der Waals surface area (Å²) in [4.78, 5) is 2.82. The van der Waals surface area contributed by atoms with E-state index in [4.69, 9.17) is 0 Å². The van der Waals surface area contributed by atoms with E-state index >= 15 is 0 Å². The van der Waals surface area contributed by atoms with Crippen molar-refractivity contribution in [3.63, 3.8) is 0 Å². The molecule has 1 aliphatic heterocycles. The van der Waals surface area contributed by atoms with Crippen LogP contribution >= 0.6 is 0 Å². The van der Waals surface area contributed by atoms with Crippen LogP contribution in [-0.4, -0.2) is 36.6 Å². The van der Waals surface area contributed by atoms with Gasteiger partial charge in [0.05, 0.1) is 0 Å². The third-order valence-electron chi connectivity index (χ3n) is 4.99. The number of likely N-dealkylation sites (tertiary alicyclic amines) is 1. The zero-order valence-corrected chi connectivity index (χ0v) is 11.2. The molecule has 0 aromatic heterocycles. The van der Waals surface area contributed by atoms with Crippen LogP contribution in [0.3, 0.4) is 0 Å². The third kappa shape index (κ3) is 3.23. The highest BCUT2D eigenvalue weighted by Gasteiger charge is 2.34. The largest absolute Gasteiger partial charge is 0.314 e. The summed E-state index contributed by atoms with van der Waals surface area (Å²) in [6.45, 7) is 4.01. The first-order chi connectivity index (χ1) is 8.43. The zero-order valence-electron chi connectivity index (χ0n) is 11.2. The van der Waals surface area contributed by atoms with Gasteiger partial charge in [0.2, 0.25) is 0 Å². The fourth-order valence-electron chi connectivity index (χ4n) is 3.87. The first-order valence-electron chi connectivity index (χ1n) is 7.91. The predicted octanol–water partition coefficient (Wildman–Crippen LogP) is 2.78. The molecular weight excluding hydrogens is 208 g/mol. The van der Waals surface area contributed by atoms with Gasteiger partial charge in [-0.3, -0.25) is 0 Å². The van der Waals surface area contributed by atoms with Gasteiger partial charge in [0, 0.05) is 12.1 Å². The Labute approximate surface area is 106 Å². The summed E-state index contributed by atoms with van der Waals surface area (Å²) in [6, 6.07) is 1.87. The maximum atomic E-state index is 3.62. The van der Waals surface area contributed by atoms with Crippen LogP contribution in [0.1, 0.15) is 57.8 Å². The second-order valence-electron chi connectivity index (χ2n) is 6.37. The summed E-state index contributed by atoms with van der Waals surface area (Å²) in [5.74, 6) is 1.06. The van der Waals surface area contributed by atoms with Gasteiger partial charge in [-0.15, -0.1) is 0 Å². The number of piperidine rings is 1. The molecule has 0 aromatic carbocycles. The van der Waals surface area contributed by atoms with Gasteiger partial charge in [-0.05, 0) is 76.9 Å². The van der Waals surface area contributed by atoms with E-state index < -0.39 is 0 Å². The van der Waals surface area contributed by atoms with E-state index in [1.54, 1.807) is 0 Å². The highest BCUT2D eigenvalue weighted by Crippen LogP contribution is 2.36. The molecule has 2 heteroatoms. The molecule has 17 heavy (non-hydrogen) atoms. The first-order valence-corrected chi connectivity index (χ1v) is 7.91. The molecule has 0 radical (unpaired) electrons. The molecule has 0 spiro atoms. The summed E-state index contributed by atoms with van der Waals surface area (Å²) in [5, 5.41) is 3.62. The number of nitrogens with one attached hydrogen (secondary N) is 1. The molecule has 0 bridgehead atoms.